The number of ether oxygens (including phenoxy) is 1. The van der Waals surface area contributed by atoms with Gasteiger partial charge in [0.15, 0.2) is 6.10 Å². The highest BCUT2D eigenvalue weighted by Crippen LogP contribution is 2.23. The lowest BCUT2D eigenvalue weighted by Crippen LogP contribution is -2.44. The number of likely N-dealkylation sites (tertiary alicyclic amines) is 1. The number of nitrogens with zero attached hydrogens (tertiary/aromatic N) is 2. The molecule has 128 valence electrons. The lowest BCUT2D eigenvalue weighted by atomic mass is 10.0. The van der Waals surface area contributed by atoms with Gasteiger partial charge in [-0.1, -0.05) is 30.3 Å². The van der Waals surface area contributed by atoms with Gasteiger partial charge < -0.3 is 9.64 Å². The van der Waals surface area contributed by atoms with Crippen LogP contribution in [-0.2, 0) is 11.2 Å². The van der Waals surface area contributed by atoms with Crippen molar-refractivity contribution in [3.8, 4) is 11.8 Å². The second kappa shape index (κ2) is 7.85. The average Bonchev–Trinajstić information content (AvgIpc) is 3.10. The van der Waals surface area contributed by atoms with Gasteiger partial charge in [-0.05, 0) is 56.0 Å². The van der Waals surface area contributed by atoms with E-state index in [4.69, 9.17) is 10.00 Å². The summed E-state index contributed by atoms with van der Waals surface area (Å²) in [5.74, 6) is 0.640. The first-order valence-electron chi connectivity index (χ1n) is 8.68. The monoisotopic (exact) mass is 334 g/mol. The van der Waals surface area contributed by atoms with Crippen molar-refractivity contribution in [1.29, 1.82) is 5.26 Å². The predicted octanol–water partition coefficient (Wildman–Crippen LogP) is 3.56. The Morgan fingerprint density at radius 2 is 1.96 bits per heavy atom. The van der Waals surface area contributed by atoms with E-state index in [0.717, 1.165) is 25.8 Å². The van der Waals surface area contributed by atoms with Crippen molar-refractivity contribution in [3.05, 3.63) is 65.7 Å². The molecule has 0 bridgehead atoms. The highest BCUT2D eigenvalue weighted by atomic mass is 16.5. The Morgan fingerprint density at radius 3 is 2.64 bits per heavy atom. The molecule has 0 radical (unpaired) electrons. The molecule has 0 spiro atoms. The van der Waals surface area contributed by atoms with Crippen molar-refractivity contribution in [2.45, 2.75) is 38.3 Å². The Balaban J connectivity index is 1.63. The lowest BCUT2D eigenvalue weighted by Gasteiger charge is -2.28. The van der Waals surface area contributed by atoms with Gasteiger partial charge in [0.25, 0.3) is 5.91 Å². The zero-order valence-electron chi connectivity index (χ0n) is 14.4. The first kappa shape index (κ1) is 17.0. The van der Waals surface area contributed by atoms with E-state index in [1.54, 1.807) is 31.2 Å². The van der Waals surface area contributed by atoms with Crippen LogP contribution in [0.1, 0.15) is 30.9 Å². The van der Waals surface area contributed by atoms with E-state index in [2.05, 4.69) is 18.2 Å². The maximum absolute atomic E-state index is 12.8. The van der Waals surface area contributed by atoms with E-state index in [-0.39, 0.29) is 11.9 Å². The van der Waals surface area contributed by atoms with Gasteiger partial charge in [0.1, 0.15) is 5.75 Å². The number of benzene rings is 2. The third kappa shape index (κ3) is 4.19. The molecule has 3 rings (SSSR count). The molecule has 2 aromatic rings. The molecule has 1 saturated heterocycles. The van der Waals surface area contributed by atoms with E-state index in [0.29, 0.717) is 11.3 Å². The fourth-order valence-corrected chi connectivity index (χ4v) is 3.32. The molecule has 1 heterocycles. The molecule has 0 aromatic heterocycles. The van der Waals surface area contributed by atoms with Crippen LogP contribution in [0.4, 0.5) is 0 Å². The maximum atomic E-state index is 12.8. The fraction of sp³-hybridized carbons (Fsp3) is 0.333. The molecular weight excluding hydrogens is 312 g/mol. The minimum absolute atomic E-state index is 0.0304. The number of nitriles is 1. The highest BCUT2D eigenvalue weighted by Gasteiger charge is 2.32. The van der Waals surface area contributed by atoms with E-state index in [1.165, 1.54) is 5.56 Å². The smallest absolute Gasteiger partial charge is 0.263 e. The third-order valence-electron chi connectivity index (χ3n) is 4.62. The van der Waals surface area contributed by atoms with E-state index < -0.39 is 6.10 Å². The Kier molecular flexibility index (Phi) is 5.35. The Morgan fingerprint density at radius 1 is 1.24 bits per heavy atom. The first-order chi connectivity index (χ1) is 12.2. The maximum Gasteiger partial charge on any atom is 0.263 e. The van der Waals surface area contributed by atoms with Crippen LogP contribution in [0.25, 0.3) is 0 Å². The van der Waals surface area contributed by atoms with Gasteiger partial charge in [-0.15, -0.1) is 0 Å². The lowest BCUT2D eigenvalue weighted by molar-refractivity contribution is -0.138. The van der Waals surface area contributed by atoms with Gasteiger partial charge in [-0.25, -0.2) is 0 Å². The quantitative estimate of drug-likeness (QED) is 0.840. The summed E-state index contributed by atoms with van der Waals surface area (Å²) >= 11 is 0. The molecule has 2 atom stereocenters. The summed E-state index contributed by atoms with van der Waals surface area (Å²) in [6.45, 7) is 2.58. The molecule has 1 aliphatic rings. The summed E-state index contributed by atoms with van der Waals surface area (Å²) in [5, 5.41) is 8.84. The number of carbonyl (C=O) groups excluding carboxylic acids is 1. The third-order valence-corrected chi connectivity index (χ3v) is 4.62. The molecular formula is C21H22N2O2. The molecule has 4 heteroatoms. The molecule has 0 aliphatic carbocycles. The largest absolute Gasteiger partial charge is 0.481 e. The fourth-order valence-electron chi connectivity index (χ4n) is 3.32. The van der Waals surface area contributed by atoms with Gasteiger partial charge in [0.05, 0.1) is 11.6 Å². The molecule has 0 saturated carbocycles. The van der Waals surface area contributed by atoms with Crippen molar-refractivity contribution in [3.63, 3.8) is 0 Å². The molecule has 0 N–H and O–H groups in total. The van der Waals surface area contributed by atoms with Gasteiger partial charge >= 0.3 is 0 Å². The summed E-state index contributed by atoms with van der Waals surface area (Å²) in [5.41, 5.74) is 1.83. The Bertz CT molecular complexity index is 750. The number of hydrogen-bond acceptors (Lipinski definition) is 3. The molecule has 2 unspecified atom stereocenters. The SMILES string of the molecule is CC(Oc1ccc(C#N)cc1)C(=O)N1CCCC1Cc1ccccc1. The van der Waals surface area contributed by atoms with Crippen LogP contribution in [-0.4, -0.2) is 29.5 Å². The average molecular weight is 334 g/mol. The van der Waals surface area contributed by atoms with Crippen molar-refractivity contribution < 1.29 is 9.53 Å². The molecule has 25 heavy (non-hydrogen) atoms. The zero-order chi connectivity index (χ0) is 17.6. The van der Waals surface area contributed by atoms with E-state index >= 15 is 0 Å². The second-order valence-corrected chi connectivity index (χ2v) is 6.41. The minimum Gasteiger partial charge on any atom is -0.481 e. The van der Waals surface area contributed by atoms with Crippen molar-refractivity contribution in [2.75, 3.05) is 6.54 Å². The van der Waals surface area contributed by atoms with Crippen LogP contribution in [0.5, 0.6) is 5.75 Å². The van der Waals surface area contributed by atoms with Crippen LogP contribution in [0, 0.1) is 11.3 Å². The van der Waals surface area contributed by atoms with Crippen LogP contribution in [0.3, 0.4) is 0 Å². The zero-order valence-corrected chi connectivity index (χ0v) is 14.4. The normalized spacial score (nSPS) is 17.8. The summed E-state index contributed by atoms with van der Waals surface area (Å²) < 4.78 is 5.79. The van der Waals surface area contributed by atoms with E-state index in [1.807, 2.05) is 23.1 Å². The second-order valence-electron chi connectivity index (χ2n) is 6.41. The van der Waals surface area contributed by atoms with Gasteiger partial charge in [-0.3, -0.25) is 4.79 Å². The van der Waals surface area contributed by atoms with Crippen molar-refractivity contribution in [2.24, 2.45) is 0 Å². The van der Waals surface area contributed by atoms with Crippen LogP contribution < -0.4 is 4.74 Å². The summed E-state index contributed by atoms with van der Waals surface area (Å²) in [6.07, 6.45) is 2.41. The minimum atomic E-state index is -0.538. The molecule has 1 aliphatic heterocycles. The number of amides is 1. The predicted molar refractivity (Wildman–Crippen MR) is 96.1 cm³/mol. The number of carbonyl (C=O) groups is 1. The summed E-state index contributed by atoms with van der Waals surface area (Å²) in [7, 11) is 0. The summed E-state index contributed by atoms with van der Waals surface area (Å²) in [4.78, 5) is 14.8. The topological polar surface area (TPSA) is 53.3 Å². The molecule has 1 fully saturated rings. The summed E-state index contributed by atoms with van der Waals surface area (Å²) in [6, 6.07) is 19.5. The van der Waals surface area contributed by atoms with Gasteiger partial charge in [0.2, 0.25) is 0 Å². The Labute approximate surface area is 148 Å². The van der Waals surface area contributed by atoms with Crippen molar-refractivity contribution in [1.82, 2.24) is 4.90 Å². The Hall–Kier alpha value is -2.80. The molecule has 2 aromatic carbocycles. The standard InChI is InChI=1S/C21H22N2O2/c1-16(25-20-11-9-18(15-22)10-12-20)21(24)23-13-5-8-19(23)14-17-6-3-2-4-7-17/h2-4,6-7,9-12,16,19H,5,8,13-14H2,1H3. The van der Waals surface area contributed by atoms with Crippen LogP contribution >= 0.6 is 0 Å². The highest BCUT2D eigenvalue weighted by molar-refractivity contribution is 5.81. The first-order valence-corrected chi connectivity index (χ1v) is 8.68. The molecule has 1 amide bonds. The van der Waals surface area contributed by atoms with Crippen molar-refractivity contribution >= 4 is 5.91 Å². The van der Waals surface area contributed by atoms with Gasteiger partial charge in [0, 0.05) is 12.6 Å². The molecule has 4 nitrogen and oxygen atoms in total. The van der Waals surface area contributed by atoms with E-state index in [9.17, 15) is 4.79 Å². The van der Waals surface area contributed by atoms with Gasteiger partial charge in [-0.2, -0.15) is 5.26 Å². The number of hydrogen-bond donors (Lipinski definition) is 0. The van der Waals surface area contributed by atoms with Crippen LogP contribution in [0.15, 0.2) is 54.6 Å². The number of rotatable bonds is 5. The van der Waals surface area contributed by atoms with Crippen LogP contribution in [0.2, 0.25) is 0 Å².